The molecule has 1 heterocycles. The molecule has 25 heavy (non-hydrogen) atoms. The standard InChI is InChI=1S/C22H20N2O/c25-22-9-5-19(6-10-22)11-15-23-14-1-2-18-3-7-20(8-4-18)21-12-16-24-17-13-21/h3-10,12-13,16-17,23,25H,11,14-15H2. The Labute approximate surface area is 148 Å². The van der Waals surface area contributed by atoms with Gasteiger partial charge < -0.3 is 10.4 Å². The molecule has 0 aliphatic heterocycles. The number of benzene rings is 2. The molecule has 2 N–H and O–H groups in total. The van der Waals surface area contributed by atoms with E-state index in [2.05, 4.69) is 34.3 Å². The van der Waals surface area contributed by atoms with Crippen LogP contribution < -0.4 is 5.32 Å². The molecular formula is C22H20N2O. The zero-order chi connectivity index (χ0) is 17.3. The third kappa shape index (κ3) is 5.20. The SMILES string of the molecule is Oc1ccc(CCNCC#Cc2ccc(-c3ccncc3)cc2)cc1. The Morgan fingerprint density at radius 2 is 1.52 bits per heavy atom. The van der Waals surface area contributed by atoms with Gasteiger partial charge in [0.1, 0.15) is 5.75 Å². The zero-order valence-electron chi connectivity index (χ0n) is 13.9. The highest BCUT2D eigenvalue weighted by Crippen LogP contribution is 2.18. The van der Waals surface area contributed by atoms with Crippen molar-refractivity contribution >= 4 is 0 Å². The van der Waals surface area contributed by atoms with Crippen LogP contribution in [0.2, 0.25) is 0 Å². The van der Waals surface area contributed by atoms with Crippen LogP contribution in [0.4, 0.5) is 0 Å². The first-order valence-electron chi connectivity index (χ1n) is 8.29. The highest BCUT2D eigenvalue weighted by molar-refractivity contribution is 5.63. The van der Waals surface area contributed by atoms with Crippen molar-refractivity contribution in [1.82, 2.24) is 10.3 Å². The monoisotopic (exact) mass is 328 g/mol. The van der Waals surface area contributed by atoms with Gasteiger partial charge in [0.05, 0.1) is 6.54 Å². The van der Waals surface area contributed by atoms with E-state index in [4.69, 9.17) is 0 Å². The lowest BCUT2D eigenvalue weighted by Crippen LogP contribution is -2.17. The van der Waals surface area contributed by atoms with Crippen LogP contribution in [0.15, 0.2) is 73.1 Å². The van der Waals surface area contributed by atoms with Crippen LogP contribution in [0.25, 0.3) is 11.1 Å². The fraction of sp³-hybridized carbons (Fsp3) is 0.136. The summed E-state index contributed by atoms with van der Waals surface area (Å²) in [6.07, 6.45) is 4.52. The molecule has 0 spiro atoms. The molecule has 2 aromatic carbocycles. The fourth-order valence-electron chi connectivity index (χ4n) is 2.48. The molecule has 124 valence electrons. The summed E-state index contributed by atoms with van der Waals surface area (Å²) in [5, 5.41) is 12.6. The van der Waals surface area contributed by atoms with E-state index >= 15 is 0 Å². The summed E-state index contributed by atoms with van der Waals surface area (Å²) in [5.74, 6) is 6.62. The van der Waals surface area contributed by atoms with Gasteiger partial charge in [0, 0.05) is 24.5 Å². The molecule has 0 aliphatic carbocycles. The van der Waals surface area contributed by atoms with Crippen molar-refractivity contribution in [3.05, 3.63) is 84.2 Å². The first-order chi connectivity index (χ1) is 12.3. The van der Waals surface area contributed by atoms with E-state index < -0.39 is 0 Å². The lowest BCUT2D eigenvalue weighted by Gasteiger charge is -2.02. The number of nitrogens with one attached hydrogen (secondary N) is 1. The molecule has 0 bridgehead atoms. The Bertz CT molecular complexity index is 845. The number of phenolic OH excluding ortho intramolecular Hbond substituents is 1. The molecule has 0 atom stereocenters. The van der Waals surface area contributed by atoms with E-state index in [9.17, 15) is 5.11 Å². The van der Waals surface area contributed by atoms with Gasteiger partial charge in [-0.1, -0.05) is 36.1 Å². The van der Waals surface area contributed by atoms with Gasteiger partial charge in [0.25, 0.3) is 0 Å². The number of hydrogen-bond donors (Lipinski definition) is 2. The Morgan fingerprint density at radius 3 is 2.24 bits per heavy atom. The van der Waals surface area contributed by atoms with Gasteiger partial charge in [-0.05, 0) is 59.5 Å². The van der Waals surface area contributed by atoms with E-state index in [0.29, 0.717) is 12.3 Å². The van der Waals surface area contributed by atoms with Crippen molar-refractivity contribution in [2.75, 3.05) is 13.1 Å². The summed E-state index contributed by atoms with van der Waals surface area (Å²) in [7, 11) is 0. The summed E-state index contributed by atoms with van der Waals surface area (Å²) in [4.78, 5) is 4.04. The second-order valence-corrected chi connectivity index (χ2v) is 5.71. The largest absolute Gasteiger partial charge is 0.508 e. The molecule has 3 heteroatoms. The van der Waals surface area contributed by atoms with Crippen molar-refractivity contribution in [2.24, 2.45) is 0 Å². The van der Waals surface area contributed by atoms with Gasteiger partial charge in [0.2, 0.25) is 0 Å². The molecule has 0 saturated heterocycles. The molecule has 3 rings (SSSR count). The third-order valence-electron chi connectivity index (χ3n) is 3.87. The van der Waals surface area contributed by atoms with Crippen LogP contribution in [0.5, 0.6) is 5.75 Å². The summed E-state index contributed by atoms with van der Waals surface area (Å²) in [6, 6.07) is 19.5. The Morgan fingerprint density at radius 1 is 0.840 bits per heavy atom. The van der Waals surface area contributed by atoms with Crippen LogP contribution in [0.3, 0.4) is 0 Å². The Hall–Kier alpha value is -3.09. The third-order valence-corrected chi connectivity index (χ3v) is 3.87. The first kappa shape index (κ1) is 16.8. The van der Waals surface area contributed by atoms with Crippen molar-refractivity contribution < 1.29 is 5.11 Å². The van der Waals surface area contributed by atoms with E-state index in [-0.39, 0.29) is 0 Å². The summed E-state index contributed by atoms with van der Waals surface area (Å²) in [5.41, 5.74) is 4.54. The average molecular weight is 328 g/mol. The predicted molar refractivity (Wildman–Crippen MR) is 101 cm³/mol. The summed E-state index contributed by atoms with van der Waals surface area (Å²) in [6.45, 7) is 1.52. The van der Waals surface area contributed by atoms with Gasteiger partial charge in [-0.3, -0.25) is 4.98 Å². The number of aromatic hydroxyl groups is 1. The number of phenols is 1. The molecule has 0 saturated carbocycles. The maximum atomic E-state index is 9.25. The number of rotatable bonds is 5. The molecule has 1 aromatic heterocycles. The molecule has 0 fully saturated rings. The van der Waals surface area contributed by atoms with E-state index in [1.807, 2.05) is 36.4 Å². The minimum atomic E-state index is 0.303. The van der Waals surface area contributed by atoms with Gasteiger partial charge >= 0.3 is 0 Å². The second-order valence-electron chi connectivity index (χ2n) is 5.71. The van der Waals surface area contributed by atoms with Gasteiger partial charge in [-0.25, -0.2) is 0 Å². The van der Waals surface area contributed by atoms with Crippen molar-refractivity contribution in [1.29, 1.82) is 0 Å². The molecule has 3 nitrogen and oxygen atoms in total. The van der Waals surface area contributed by atoms with Crippen molar-refractivity contribution in [2.45, 2.75) is 6.42 Å². The quantitative estimate of drug-likeness (QED) is 0.555. The van der Waals surface area contributed by atoms with Crippen molar-refractivity contribution in [3.63, 3.8) is 0 Å². The number of nitrogens with zero attached hydrogens (tertiary/aromatic N) is 1. The molecular weight excluding hydrogens is 308 g/mol. The molecule has 0 amide bonds. The minimum Gasteiger partial charge on any atom is -0.508 e. The van der Waals surface area contributed by atoms with Crippen LogP contribution in [-0.2, 0) is 6.42 Å². The Kier molecular flexibility index (Phi) is 5.82. The second kappa shape index (κ2) is 8.68. The summed E-state index contributed by atoms with van der Waals surface area (Å²) >= 11 is 0. The molecule has 0 unspecified atom stereocenters. The van der Waals surface area contributed by atoms with Crippen LogP contribution in [0, 0.1) is 11.8 Å². The maximum Gasteiger partial charge on any atom is 0.115 e. The highest BCUT2D eigenvalue weighted by Gasteiger charge is 1.96. The molecule has 0 radical (unpaired) electrons. The number of aromatic nitrogens is 1. The fourth-order valence-corrected chi connectivity index (χ4v) is 2.48. The smallest absolute Gasteiger partial charge is 0.115 e. The first-order valence-corrected chi connectivity index (χ1v) is 8.29. The van der Waals surface area contributed by atoms with Gasteiger partial charge in [0.15, 0.2) is 0 Å². The van der Waals surface area contributed by atoms with E-state index in [0.717, 1.165) is 24.1 Å². The number of hydrogen-bond acceptors (Lipinski definition) is 3. The highest BCUT2D eigenvalue weighted by atomic mass is 16.3. The normalized spacial score (nSPS) is 10.1. The zero-order valence-corrected chi connectivity index (χ0v) is 13.9. The lowest BCUT2D eigenvalue weighted by atomic mass is 10.1. The average Bonchev–Trinajstić information content (AvgIpc) is 2.67. The summed E-state index contributed by atoms with van der Waals surface area (Å²) < 4.78 is 0. The minimum absolute atomic E-state index is 0.303. The van der Waals surface area contributed by atoms with Gasteiger partial charge in [-0.2, -0.15) is 0 Å². The Balaban J connectivity index is 1.45. The van der Waals surface area contributed by atoms with Crippen molar-refractivity contribution in [3.8, 4) is 28.7 Å². The van der Waals surface area contributed by atoms with Gasteiger partial charge in [-0.15, -0.1) is 0 Å². The van der Waals surface area contributed by atoms with E-state index in [1.165, 1.54) is 11.1 Å². The van der Waals surface area contributed by atoms with E-state index in [1.54, 1.807) is 24.5 Å². The van der Waals surface area contributed by atoms with Crippen LogP contribution in [-0.4, -0.2) is 23.2 Å². The molecule has 0 aliphatic rings. The predicted octanol–water partition coefficient (Wildman–Crippen LogP) is 3.64. The molecule has 3 aromatic rings. The van der Waals surface area contributed by atoms with Crippen LogP contribution in [0.1, 0.15) is 11.1 Å². The topological polar surface area (TPSA) is 45.1 Å². The maximum absolute atomic E-state index is 9.25. The lowest BCUT2D eigenvalue weighted by molar-refractivity contribution is 0.475. The van der Waals surface area contributed by atoms with Crippen LogP contribution >= 0.6 is 0 Å². The number of pyridine rings is 1.